The van der Waals surface area contributed by atoms with Crippen molar-refractivity contribution in [3.8, 4) is 0 Å². The van der Waals surface area contributed by atoms with Crippen LogP contribution in [-0.2, 0) is 6.54 Å². The third-order valence-corrected chi connectivity index (χ3v) is 4.46. The van der Waals surface area contributed by atoms with E-state index in [2.05, 4.69) is 40.0 Å². The van der Waals surface area contributed by atoms with E-state index >= 15 is 0 Å². The van der Waals surface area contributed by atoms with Crippen LogP contribution in [0.1, 0.15) is 11.4 Å². The van der Waals surface area contributed by atoms with E-state index in [0.29, 0.717) is 6.54 Å². The quantitative estimate of drug-likeness (QED) is 0.737. The number of anilines is 3. The second kappa shape index (κ2) is 7.94. The Bertz CT molecular complexity index is 863. The number of hydrogen-bond acceptors (Lipinski definition) is 8. The van der Waals surface area contributed by atoms with E-state index in [1.54, 1.807) is 18.6 Å². The molecule has 1 aliphatic heterocycles. The molecule has 0 radical (unpaired) electrons. The van der Waals surface area contributed by atoms with Crippen LogP contribution in [0.25, 0.3) is 0 Å². The van der Waals surface area contributed by atoms with E-state index in [9.17, 15) is 0 Å². The summed E-state index contributed by atoms with van der Waals surface area (Å²) in [6, 6.07) is 7.82. The van der Waals surface area contributed by atoms with Gasteiger partial charge in [-0.25, -0.2) is 19.9 Å². The molecule has 138 valence electrons. The normalized spacial score (nSPS) is 14.3. The lowest BCUT2D eigenvalue weighted by Gasteiger charge is -2.35. The molecule has 8 nitrogen and oxygen atoms in total. The zero-order valence-corrected chi connectivity index (χ0v) is 15.3. The van der Waals surface area contributed by atoms with Gasteiger partial charge in [0.25, 0.3) is 0 Å². The van der Waals surface area contributed by atoms with Crippen LogP contribution in [0.15, 0.2) is 49.1 Å². The Labute approximate surface area is 158 Å². The Morgan fingerprint density at radius 2 is 1.74 bits per heavy atom. The number of aromatic nitrogens is 5. The number of aryl methyl sites for hydroxylation is 1. The maximum Gasteiger partial charge on any atom is 0.225 e. The molecule has 3 aromatic heterocycles. The van der Waals surface area contributed by atoms with Gasteiger partial charge in [0.1, 0.15) is 17.5 Å². The first kappa shape index (κ1) is 17.1. The summed E-state index contributed by atoms with van der Waals surface area (Å²) in [5, 5.41) is 3.37. The highest BCUT2D eigenvalue weighted by Crippen LogP contribution is 2.19. The molecule has 0 aromatic carbocycles. The van der Waals surface area contributed by atoms with E-state index in [1.165, 1.54) is 0 Å². The maximum absolute atomic E-state index is 4.62. The highest BCUT2D eigenvalue weighted by Gasteiger charge is 2.20. The Hall–Kier alpha value is -3.29. The topological polar surface area (TPSA) is 83.0 Å². The number of rotatable bonds is 5. The summed E-state index contributed by atoms with van der Waals surface area (Å²) in [6.45, 7) is 6.08. The first-order valence-electron chi connectivity index (χ1n) is 9.03. The fourth-order valence-corrected chi connectivity index (χ4v) is 3.09. The molecule has 4 rings (SSSR count). The molecule has 0 amide bonds. The molecule has 3 aromatic rings. The van der Waals surface area contributed by atoms with Crippen molar-refractivity contribution in [2.75, 3.05) is 41.3 Å². The van der Waals surface area contributed by atoms with Crippen molar-refractivity contribution in [3.63, 3.8) is 0 Å². The van der Waals surface area contributed by atoms with Gasteiger partial charge in [0, 0.05) is 63.6 Å². The third-order valence-electron chi connectivity index (χ3n) is 4.46. The van der Waals surface area contributed by atoms with Crippen LogP contribution in [0.4, 0.5) is 17.6 Å². The van der Waals surface area contributed by atoms with Gasteiger partial charge in [-0.05, 0) is 24.6 Å². The Morgan fingerprint density at radius 1 is 0.963 bits per heavy atom. The first-order chi connectivity index (χ1) is 13.3. The smallest absolute Gasteiger partial charge is 0.225 e. The van der Waals surface area contributed by atoms with Crippen molar-refractivity contribution in [3.05, 3.63) is 60.4 Å². The van der Waals surface area contributed by atoms with Gasteiger partial charge in [-0.3, -0.25) is 4.98 Å². The lowest BCUT2D eigenvalue weighted by atomic mass is 10.3. The standard InChI is InChI=1S/C19H22N8/c1-15-24-17(23-14-16-4-2-5-20-13-16)12-18(25-15)26-8-10-27(11-9-26)19-21-6-3-7-22-19/h2-7,12-13H,8-11,14H2,1H3,(H,23,24,25). The van der Waals surface area contributed by atoms with Gasteiger partial charge >= 0.3 is 0 Å². The molecule has 0 saturated carbocycles. The lowest BCUT2D eigenvalue weighted by Crippen LogP contribution is -2.47. The maximum atomic E-state index is 4.62. The van der Waals surface area contributed by atoms with E-state index < -0.39 is 0 Å². The zero-order valence-electron chi connectivity index (χ0n) is 15.3. The van der Waals surface area contributed by atoms with Crippen molar-refractivity contribution < 1.29 is 0 Å². The van der Waals surface area contributed by atoms with Crippen LogP contribution in [0.2, 0.25) is 0 Å². The van der Waals surface area contributed by atoms with Gasteiger partial charge in [0.05, 0.1) is 0 Å². The average molecular weight is 362 g/mol. The van der Waals surface area contributed by atoms with Crippen molar-refractivity contribution >= 4 is 17.6 Å². The SMILES string of the molecule is Cc1nc(NCc2cccnc2)cc(N2CCN(c3ncccn3)CC2)n1. The summed E-state index contributed by atoms with van der Waals surface area (Å²) in [4.78, 5) is 26.4. The van der Waals surface area contributed by atoms with E-state index in [-0.39, 0.29) is 0 Å². The van der Waals surface area contributed by atoms with Gasteiger partial charge in [0.2, 0.25) is 5.95 Å². The van der Waals surface area contributed by atoms with Gasteiger partial charge in [-0.15, -0.1) is 0 Å². The molecular weight excluding hydrogens is 340 g/mol. The van der Waals surface area contributed by atoms with Crippen LogP contribution in [0, 0.1) is 6.92 Å². The largest absolute Gasteiger partial charge is 0.366 e. The fraction of sp³-hybridized carbons (Fsp3) is 0.316. The summed E-state index contributed by atoms with van der Waals surface area (Å²) >= 11 is 0. The van der Waals surface area contributed by atoms with Gasteiger partial charge in [-0.2, -0.15) is 0 Å². The molecule has 27 heavy (non-hydrogen) atoms. The number of pyridine rings is 1. The molecule has 0 unspecified atom stereocenters. The highest BCUT2D eigenvalue weighted by atomic mass is 15.3. The molecule has 0 aliphatic carbocycles. The van der Waals surface area contributed by atoms with Crippen molar-refractivity contribution in [2.24, 2.45) is 0 Å². The number of nitrogens with zero attached hydrogens (tertiary/aromatic N) is 7. The minimum absolute atomic E-state index is 0.683. The number of piperazine rings is 1. The van der Waals surface area contributed by atoms with Crippen molar-refractivity contribution in [1.82, 2.24) is 24.9 Å². The van der Waals surface area contributed by atoms with Gasteiger partial charge in [-0.1, -0.05) is 6.07 Å². The highest BCUT2D eigenvalue weighted by molar-refractivity contribution is 5.51. The van der Waals surface area contributed by atoms with Crippen LogP contribution < -0.4 is 15.1 Å². The Morgan fingerprint density at radius 3 is 2.48 bits per heavy atom. The molecule has 8 heteroatoms. The predicted molar refractivity (Wildman–Crippen MR) is 105 cm³/mol. The van der Waals surface area contributed by atoms with Crippen molar-refractivity contribution in [1.29, 1.82) is 0 Å². The van der Waals surface area contributed by atoms with E-state index in [1.807, 2.05) is 37.4 Å². The lowest BCUT2D eigenvalue weighted by molar-refractivity contribution is 0.633. The van der Waals surface area contributed by atoms with E-state index in [0.717, 1.165) is 55.2 Å². The molecule has 0 bridgehead atoms. The molecule has 0 atom stereocenters. The zero-order chi connectivity index (χ0) is 18.5. The Kier molecular flexibility index (Phi) is 5.04. The average Bonchev–Trinajstić information content (AvgIpc) is 2.73. The Balaban J connectivity index is 1.41. The summed E-state index contributed by atoms with van der Waals surface area (Å²) < 4.78 is 0. The molecular formula is C19H22N8. The number of hydrogen-bond donors (Lipinski definition) is 1. The van der Waals surface area contributed by atoms with Gasteiger partial charge in [0.15, 0.2) is 0 Å². The number of nitrogens with one attached hydrogen (secondary N) is 1. The summed E-state index contributed by atoms with van der Waals surface area (Å²) in [7, 11) is 0. The predicted octanol–water partition coefficient (Wildman–Crippen LogP) is 1.91. The third kappa shape index (κ3) is 4.28. The van der Waals surface area contributed by atoms with Crippen LogP contribution in [0.5, 0.6) is 0 Å². The van der Waals surface area contributed by atoms with Crippen LogP contribution in [-0.4, -0.2) is 51.1 Å². The summed E-state index contributed by atoms with van der Waals surface area (Å²) in [6.07, 6.45) is 7.19. The summed E-state index contributed by atoms with van der Waals surface area (Å²) in [5.74, 6) is 3.32. The molecule has 1 saturated heterocycles. The molecule has 1 fully saturated rings. The van der Waals surface area contributed by atoms with E-state index in [4.69, 9.17) is 0 Å². The molecule has 1 N–H and O–H groups in total. The molecule has 4 heterocycles. The van der Waals surface area contributed by atoms with Gasteiger partial charge < -0.3 is 15.1 Å². The van der Waals surface area contributed by atoms with Crippen molar-refractivity contribution in [2.45, 2.75) is 13.5 Å². The minimum atomic E-state index is 0.683. The second-order valence-electron chi connectivity index (χ2n) is 6.40. The monoisotopic (exact) mass is 362 g/mol. The first-order valence-corrected chi connectivity index (χ1v) is 9.03. The van der Waals surface area contributed by atoms with Crippen LogP contribution in [0.3, 0.4) is 0 Å². The molecule has 0 spiro atoms. The fourth-order valence-electron chi connectivity index (χ4n) is 3.09. The minimum Gasteiger partial charge on any atom is -0.366 e. The second-order valence-corrected chi connectivity index (χ2v) is 6.40. The summed E-state index contributed by atoms with van der Waals surface area (Å²) in [5.41, 5.74) is 1.12. The molecule has 1 aliphatic rings. The van der Waals surface area contributed by atoms with Crippen LogP contribution >= 0.6 is 0 Å².